The lowest BCUT2D eigenvalue weighted by atomic mass is 10.0. The lowest BCUT2D eigenvalue weighted by molar-refractivity contribution is 0.0343. The van der Waals surface area contributed by atoms with E-state index in [2.05, 4.69) is 19.2 Å². The quantitative estimate of drug-likeness (QED) is 0.514. The Morgan fingerprint density at radius 1 is 1.24 bits per heavy atom. The van der Waals surface area contributed by atoms with Crippen LogP contribution in [0, 0.1) is 5.92 Å². The summed E-state index contributed by atoms with van der Waals surface area (Å²) in [5.41, 5.74) is 0. The molecule has 1 aliphatic rings. The van der Waals surface area contributed by atoms with Crippen molar-refractivity contribution in [1.82, 2.24) is 5.32 Å². The molecule has 0 aliphatic carbocycles. The van der Waals surface area contributed by atoms with Gasteiger partial charge in [-0.3, -0.25) is 0 Å². The highest BCUT2D eigenvalue weighted by molar-refractivity contribution is 4.75. The highest BCUT2D eigenvalue weighted by Crippen LogP contribution is 2.19. The molecule has 126 valence electrons. The minimum Gasteiger partial charge on any atom is -0.389 e. The molecule has 0 saturated carbocycles. The second-order valence-corrected chi connectivity index (χ2v) is 6.28. The van der Waals surface area contributed by atoms with E-state index in [9.17, 15) is 5.11 Å². The zero-order valence-electron chi connectivity index (χ0n) is 14.0. The van der Waals surface area contributed by atoms with Crippen molar-refractivity contribution in [2.45, 2.75) is 71.0 Å². The van der Waals surface area contributed by atoms with E-state index in [1.165, 1.54) is 32.1 Å². The maximum Gasteiger partial charge on any atom is 0.0897 e. The Balaban J connectivity index is 1.84. The monoisotopic (exact) mass is 301 g/mol. The maximum atomic E-state index is 9.84. The SMILES string of the molecule is CCCCCCCCOCC(O)CNCC1CCOC1C. The van der Waals surface area contributed by atoms with E-state index in [4.69, 9.17) is 9.47 Å². The van der Waals surface area contributed by atoms with Crippen molar-refractivity contribution in [3.63, 3.8) is 0 Å². The second kappa shape index (κ2) is 12.4. The Kier molecular flexibility index (Phi) is 11.1. The molecule has 0 bridgehead atoms. The van der Waals surface area contributed by atoms with E-state index in [0.29, 0.717) is 25.2 Å². The lowest BCUT2D eigenvalue weighted by Gasteiger charge is -2.17. The van der Waals surface area contributed by atoms with Crippen LogP contribution >= 0.6 is 0 Å². The van der Waals surface area contributed by atoms with Crippen molar-refractivity contribution in [3.8, 4) is 0 Å². The molecule has 0 spiro atoms. The molecule has 0 aromatic carbocycles. The minimum atomic E-state index is -0.400. The first-order valence-corrected chi connectivity index (χ1v) is 8.82. The number of aliphatic hydroxyl groups is 1. The molecular weight excluding hydrogens is 266 g/mol. The van der Waals surface area contributed by atoms with Crippen LogP contribution in [0.4, 0.5) is 0 Å². The van der Waals surface area contributed by atoms with E-state index < -0.39 is 6.10 Å². The van der Waals surface area contributed by atoms with Crippen molar-refractivity contribution >= 4 is 0 Å². The molecule has 0 aromatic heterocycles. The van der Waals surface area contributed by atoms with Crippen LogP contribution in [0.2, 0.25) is 0 Å². The largest absolute Gasteiger partial charge is 0.389 e. The molecule has 2 N–H and O–H groups in total. The number of unbranched alkanes of at least 4 members (excludes halogenated alkanes) is 5. The molecule has 4 nitrogen and oxygen atoms in total. The Morgan fingerprint density at radius 2 is 2.00 bits per heavy atom. The van der Waals surface area contributed by atoms with Crippen LogP contribution < -0.4 is 5.32 Å². The van der Waals surface area contributed by atoms with E-state index in [1.54, 1.807) is 0 Å². The van der Waals surface area contributed by atoms with Gasteiger partial charge in [0.05, 0.1) is 18.8 Å². The fourth-order valence-electron chi connectivity index (χ4n) is 2.74. The molecule has 0 amide bonds. The highest BCUT2D eigenvalue weighted by atomic mass is 16.5. The van der Waals surface area contributed by atoms with E-state index in [-0.39, 0.29) is 0 Å². The molecule has 1 fully saturated rings. The van der Waals surface area contributed by atoms with Gasteiger partial charge in [-0.15, -0.1) is 0 Å². The van der Waals surface area contributed by atoms with Gasteiger partial charge in [-0.2, -0.15) is 0 Å². The summed E-state index contributed by atoms with van der Waals surface area (Å²) in [4.78, 5) is 0. The van der Waals surface area contributed by atoms with Crippen molar-refractivity contribution in [1.29, 1.82) is 0 Å². The van der Waals surface area contributed by atoms with Gasteiger partial charge < -0.3 is 19.9 Å². The molecule has 3 unspecified atom stereocenters. The van der Waals surface area contributed by atoms with Crippen LogP contribution in [0.3, 0.4) is 0 Å². The first-order valence-electron chi connectivity index (χ1n) is 8.82. The van der Waals surface area contributed by atoms with Crippen LogP contribution in [0.25, 0.3) is 0 Å². The highest BCUT2D eigenvalue weighted by Gasteiger charge is 2.23. The van der Waals surface area contributed by atoms with Crippen molar-refractivity contribution < 1.29 is 14.6 Å². The minimum absolute atomic E-state index is 0.346. The first-order chi connectivity index (χ1) is 10.2. The molecule has 0 aromatic rings. The molecule has 1 saturated heterocycles. The molecule has 4 heteroatoms. The number of nitrogens with one attached hydrogen (secondary N) is 1. The number of hydrogen-bond acceptors (Lipinski definition) is 4. The van der Waals surface area contributed by atoms with Gasteiger partial charge in [0.1, 0.15) is 0 Å². The molecule has 0 radical (unpaired) electrons. The van der Waals surface area contributed by atoms with E-state index in [1.807, 2.05) is 0 Å². The molecule has 21 heavy (non-hydrogen) atoms. The first kappa shape index (κ1) is 18.9. The van der Waals surface area contributed by atoms with Gasteiger partial charge >= 0.3 is 0 Å². The Labute approximate surface area is 130 Å². The summed E-state index contributed by atoms with van der Waals surface area (Å²) in [6, 6.07) is 0. The zero-order chi connectivity index (χ0) is 15.3. The summed E-state index contributed by atoms with van der Waals surface area (Å²) in [7, 11) is 0. The predicted octanol–water partition coefficient (Wildman–Crippen LogP) is 2.74. The average Bonchev–Trinajstić information content (AvgIpc) is 2.87. The summed E-state index contributed by atoms with van der Waals surface area (Å²) < 4.78 is 11.1. The summed E-state index contributed by atoms with van der Waals surface area (Å²) in [6.07, 6.45) is 8.71. The average molecular weight is 301 g/mol. The maximum absolute atomic E-state index is 9.84. The normalized spacial score (nSPS) is 23.6. The summed E-state index contributed by atoms with van der Waals surface area (Å²) in [6.45, 7) is 7.99. The third-order valence-corrected chi connectivity index (χ3v) is 4.27. The Hall–Kier alpha value is -0.160. The summed E-state index contributed by atoms with van der Waals surface area (Å²) >= 11 is 0. The predicted molar refractivity (Wildman–Crippen MR) is 86.6 cm³/mol. The van der Waals surface area contributed by atoms with Gasteiger partial charge in [0, 0.05) is 26.3 Å². The molecule has 3 atom stereocenters. The smallest absolute Gasteiger partial charge is 0.0897 e. The second-order valence-electron chi connectivity index (χ2n) is 6.28. The van der Waals surface area contributed by atoms with Gasteiger partial charge in [0.2, 0.25) is 0 Å². The molecule has 1 heterocycles. The molecular formula is C17H35NO3. The van der Waals surface area contributed by atoms with Crippen molar-refractivity contribution in [2.75, 3.05) is 32.9 Å². The standard InChI is InChI=1S/C17H35NO3/c1-3-4-5-6-7-8-10-20-14-17(19)13-18-12-16-9-11-21-15(16)2/h15-19H,3-14H2,1-2H3. The van der Waals surface area contributed by atoms with Crippen LogP contribution in [0.5, 0.6) is 0 Å². The van der Waals surface area contributed by atoms with Crippen LogP contribution in [-0.4, -0.2) is 50.2 Å². The third-order valence-electron chi connectivity index (χ3n) is 4.27. The van der Waals surface area contributed by atoms with Gasteiger partial charge in [-0.25, -0.2) is 0 Å². The third kappa shape index (κ3) is 9.46. The zero-order valence-corrected chi connectivity index (χ0v) is 14.0. The van der Waals surface area contributed by atoms with Crippen molar-refractivity contribution in [3.05, 3.63) is 0 Å². The van der Waals surface area contributed by atoms with Gasteiger partial charge in [0.15, 0.2) is 0 Å². The van der Waals surface area contributed by atoms with Crippen LogP contribution in [-0.2, 0) is 9.47 Å². The van der Waals surface area contributed by atoms with E-state index in [0.717, 1.165) is 32.6 Å². The summed E-state index contributed by atoms with van der Waals surface area (Å²) in [5.74, 6) is 0.584. The van der Waals surface area contributed by atoms with Crippen LogP contribution in [0.1, 0.15) is 58.8 Å². The van der Waals surface area contributed by atoms with Crippen LogP contribution in [0.15, 0.2) is 0 Å². The summed E-state index contributed by atoms with van der Waals surface area (Å²) in [5, 5.41) is 13.2. The Bertz CT molecular complexity index is 238. The number of hydrogen-bond donors (Lipinski definition) is 2. The van der Waals surface area contributed by atoms with Crippen molar-refractivity contribution in [2.24, 2.45) is 5.92 Å². The topological polar surface area (TPSA) is 50.7 Å². The number of ether oxygens (including phenoxy) is 2. The number of rotatable bonds is 13. The molecule has 1 rings (SSSR count). The number of aliphatic hydroxyl groups excluding tert-OH is 1. The molecule has 1 aliphatic heterocycles. The van der Waals surface area contributed by atoms with Gasteiger partial charge in [-0.05, 0) is 25.7 Å². The Morgan fingerprint density at radius 3 is 2.71 bits per heavy atom. The van der Waals surface area contributed by atoms with E-state index >= 15 is 0 Å². The fraction of sp³-hybridized carbons (Fsp3) is 1.00. The van der Waals surface area contributed by atoms with Gasteiger partial charge in [-0.1, -0.05) is 39.0 Å². The lowest BCUT2D eigenvalue weighted by Crippen LogP contribution is -2.35. The fourth-order valence-corrected chi connectivity index (χ4v) is 2.74. The van der Waals surface area contributed by atoms with Gasteiger partial charge in [0.25, 0.3) is 0 Å².